The van der Waals surface area contributed by atoms with Crippen molar-refractivity contribution >= 4 is 45.5 Å². The van der Waals surface area contributed by atoms with Crippen molar-refractivity contribution in [1.82, 2.24) is 5.32 Å². The second-order valence-corrected chi connectivity index (χ2v) is 7.15. The summed E-state index contributed by atoms with van der Waals surface area (Å²) in [5.74, 6) is -1.47. The first-order valence-electron chi connectivity index (χ1n) is 8.39. The molecule has 6 nitrogen and oxygen atoms in total. The van der Waals surface area contributed by atoms with Crippen LogP contribution in [0.3, 0.4) is 0 Å². The lowest BCUT2D eigenvalue weighted by Gasteiger charge is -2.26. The summed E-state index contributed by atoms with van der Waals surface area (Å²) >= 11 is 3.40. The number of barbiturate groups is 1. The zero-order valence-electron chi connectivity index (χ0n) is 15.0. The van der Waals surface area contributed by atoms with Gasteiger partial charge in [0.2, 0.25) is 0 Å². The van der Waals surface area contributed by atoms with Crippen LogP contribution in [0.5, 0.6) is 5.75 Å². The molecule has 0 atom stereocenters. The highest BCUT2D eigenvalue weighted by Crippen LogP contribution is 2.29. The number of imide groups is 2. The molecule has 1 fully saturated rings. The molecule has 0 bridgehead atoms. The fourth-order valence-electron chi connectivity index (χ4n) is 2.61. The predicted molar refractivity (Wildman–Crippen MR) is 105 cm³/mol. The minimum atomic E-state index is -0.888. The lowest BCUT2D eigenvalue weighted by Crippen LogP contribution is -2.54. The molecule has 1 heterocycles. The van der Waals surface area contributed by atoms with Crippen molar-refractivity contribution in [1.29, 1.82) is 0 Å². The van der Waals surface area contributed by atoms with Gasteiger partial charge < -0.3 is 4.74 Å². The van der Waals surface area contributed by atoms with E-state index in [1.807, 2.05) is 13.8 Å². The summed E-state index contributed by atoms with van der Waals surface area (Å²) < 4.78 is 19.4. The number of rotatable bonds is 4. The molecule has 1 saturated heterocycles. The number of anilines is 1. The van der Waals surface area contributed by atoms with Crippen molar-refractivity contribution in [2.45, 2.75) is 20.0 Å². The number of nitrogens with zero attached hydrogens (tertiary/aromatic N) is 1. The van der Waals surface area contributed by atoms with Gasteiger partial charge in [0.15, 0.2) is 0 Å². The molecule has 2 aromatic carbocycles. The van der Waals surface area contributed by atoms with Crippen LogP contribution in [0.2, 0.25) is 0 Å². The Morgan fingerprint density at radius 3 is 2.39 bits per heavy atom. The molecule has 28 heavy (non-hydrogen) atoms. The number of benzene rings is 2. The van der Waals surface area contributed by atoms with Gasteiger partial charge in [0.1, 0.15) is 17.1 Å². The van der Waals surface area contributed by atoms with Gasteiger partial charge in [0.25, 0.3) is 11.8 Å². The molecule has 0 spiro atoms. The van der Waals surface area contributed by atoms with Gasteiger partial charge in [-0.05, 0) is 77.8 Å². The molecule has 8 heteroatoms. The number of hydrogen-bond donors (Lipinski definition) is 1. The van der Waals surface area contributed by atoms with Crippen molar-refractivity contribution in [3.8, 4) is 5.75 Å². The summed E-state index contributed by atoms with van der Waals surface area (Å²) in [6.07, 6.45) is 1.37. The topological polar surface area (TPSA) is 75.7 Å². The Labute approximate surface area is 169 Å². The second-order valence-electron chi connectivity index (χ2n) is 6.29. The molecule has 0 saturated carbocycles. The molecule has 1 N–H and O–H groups in total. The normalized spacial score (nSPS) is 16.0. The van der Waals surface area contributed by atoms with Crippen molar-refractivity contribution in [2.24, 2.45) is 0 Å². The highest BCUT2D eigenvalue weighted by Gasteiger charge is 2.36. The first kappa shape index (κ1) is 19.8. The quantitative estimate of drug-likeness (QED) is 0.567. The molecule has 0 unspecified atom stereocenters. The van der Waals surface area contributed by atoms with E-state index in [-0.39, 0.29) is 17.4 Å². The molecule has 2 aromatic rings. The molecule has 0 aliphatic carbocycles. The maximum Gasteiger partial charge on any atom is 0.335 e. The van der Waals surface area contributed by atoms with Crippen molar-refractivity contribution < 1.29 is 23.5 Å². The fraction of sp³-hybridized carbons (Fsp3) is 0.150. The molecule has 4 amide bonds. The number of carbonyl (C=O) groups excluding carboxylic acids is 3. The Morgan fingerprint density at radius 2 is 1.79 bits per heavy atom. The van der Waals surface area contributed by atoms with Crippen LogP contribution in [-0.2, 0) is 9.59 Å². The van der Waals surface area contributed by atoms with E-state index in [4.69, 9.17) is 4.74 Å². The van der Waals surface area contributed by atoms with Gasteiger partial charge >= 0.3 is 6.03 Å². The van der Waals surface area contributed by atoms with Crippen LogP contribution in [0.25, 0.3) is 6.08 Å². The molecule has 144 valence electrons. The molecule has 1 aliphatic heterocycles. The van der Waals surface area contributed by atoms with Crippen LogP contribution in [-0.4, -0.2) is 23.9 Å². The van der Waals surface area contributed by atoms with Crippen LogP contribution in [0.1, 0.15) is 19.4 Å². The zero-order valence-corrected chi connectivity index (χ0v) is 16.6. The maximum atomic E-state index is 13.1. The molecule has 3 rings (SSSR count). The summed E-state index contributed by atoms with van der Waals surface area (Å²) in [7, 11) is 0. The van der Waals surface area contributed by atoms with E-state index in [2.05, 4.69) is 21.2 Å². The van der Waals surface area contributed by atoms with E-state index >= 15 is 0 Å². The smallest absolute Gasteiger partial charge is 0.335 e. The van der Waals surface area contributed by atoms with Crippen LogP contribution >= 0.6 is 15.9 Å². The number of nitrogens with one attached hydrogen (secondary N) is 1. The van der Waals surface area contributed by atoms with Crippen molar-refractivity contribution in [2.75, 3.05) is 4.90 Å². The summed E-state index contributed by atoms with van der Waals surface area (Å²) in [5, 5.41) is 2.12. The van der Waals surface area contributed by atoms with E-state index in [1.165, 1.54) is 18.2 Å². The van der Waals surface area contributed by atoms with Crippen LogP contribution < -0.4 is 15.0 Å². The Hall–Kier alpha value is -3.00. The molecule has 0 aromatic heterocycles. The first-order chi connectivity index (χ1) is 13.3. The minimum Gasteiger partial charge on any atom is -0.490 e. The van der Waals surface area contributed by atoms with Crippen LogP contribution in [0.4, 0.5) is 14.9 Å². The van der Waals surface area contributed by atoms with Gasteiger partial charge in [-0.25, -0.2) is 14.1 Å². The van der Waals surface area contributed by atoms with Crippen molar-refractivity contribution in [3.05, 3.63) is 63.9 Å². The van der Waals surface area contributed by atoms with Gasteiger partial charge in [-0.2, -0.15) is 0 Å². The third-order valence-corrected chi connectivity index (χ3v) is 4.44. The van der Waals surface area contributed by atoms with Gasteiger partial charge in [-0.15, -0.1) is 0 Å². The Bertz CT molecular complexity index is 986. The Balaban J connectivity index is 1.95. The standard InChI is InChI=1S/C20H16BrFN2O4/c1-11(2)28-17-8-3-12(10-16(17)21)9-15-18(25)23-20(27)24(19(15)26)14-6-4-13(22)5-7-14/h3-11H,1-2H3,(H,23,25,27). The van der Waals surface area contributed by atoms with Crippen LogP contribution in [0, 0.1) is 5.82 Å². The average Bonchev–Trinajstić information content (AvgIpc) is 2.62. The van der Waals surface area contributed by atoms with Crippen molar-refractivity contribution in [3.63, 3.8) is 0 Å². The number of hydrogen-bond acceptors (Lipinski definition) is 4. The predicted octanol–water partition coefficient (Wildman–Crippen LogP) is 4.04. The molecular formula is C20H16BrFN2O4. The average molecular weight is 447 g/mol. The second kappa shape index (κ2) is 7.93. The highest BCUT2D eigenvalue weighted by atomic mass is 79.9. The lowest BCUT2D eigenvalue weighted by molar-refractivity contribution is -0.122. The Morgan fingerprint density at radius 1 is 1.11 bits per heavy atom. The number of halogens is 2. The van der Waals surface area contributed by atoms with Gasteiger partial charge in [-0.1, -0.05) is 6.07 Å². The lowest BCUT2D eigenvalue weighted by atomic mass is 10.1. The summed E-state index contributed by atoms with van der Waals surface area (Å²) in [5.41, 5.74) is 0.507. The minimum absolute atomic E-state index is 0.0125. The fourth-order valence-corrected chi connectivity index (χ4v) is 3.10. The van der Waals surface area contributed by atoms with Gasteiger partial charge in [-0.3, -0.25) is 14.9 Å². The molecule has 1 aliphatic rings. The summed E-state index contributed by atoms with van der Waals surface area (Å²) in [4.78, 5) is 37.9. The number of amides is 4. The maximum absolute atomic E-state index is 13.1. The van der Waals surface area contributed by atoms with E-state index in [0.29, 0.717) is 15.8 Å². The number of carbonyl (C=O) groups is 3. The van der Waals surface area contributed by atoms with E-state index < -0.39 is 23.7 Å². The summed E-state index contributed by atoms with van der Waals surface area (Å²) in [6, 6.07) is 9.04. The number of urea groups is 1. The molecule has 0 radical (unpaired) electrons. The van der Waals surface area contributed by atoms with E-state index in [0.717, 1.165) is 17.0 Å². The summed E-state index contributed by atoms with van der Waals surface area (Å²) in [6.45, 7) is 3.79. The van der Waals surface area contributed by atoms with E-state index in [1.54, 1.807) is 18.2 Å². The number of ether oxygens (including phenoxy) is 1. The third kappa shape index (κ3) is 4.12. The first-order valence-corrected chi connectivity index (χ1v) is 9.19. The molecular weight excluding hydrogens is 431 g/mol. The highest BCUT2D eigenvalue weighted by molar-refractivity contribution is 9.10. The van der Waals surface area contributed by atoms with Crippen LogP contribution in [0.15, 0.2) is 52.5 Å². The third-order valence-electron chi connectivity index (χ3n) is 3.82. The zero-order chi connectivity index (χ0) is 20.4. The van der Waals surface area contributed by atoms with Gasteiger partial charge in [0.05, 0.1) is 16.3 Å². The Kier molecular flexibility index (Phi) is 5.60. The monoisotopic (exact) mass is 446 g/mol. The van der Waals surface area contributed by atoms with Gasteiger partial charge in [0, 0.05) is 0 Å². The van der Waals surface area contributed by atoms with E-state index in [9.17, 15) is 18.8 Å². The largest absolute Gasteiger partial charge is 0.490 e. The SMILES string of the molecule is CC(C)Oc1ccc(C=C2C(=O)NC(=O)N(c3ccc(F)cc3)C2=O)cc1Br.